The van der Waals surface area contributed by atoms with Crippen LogP contribution < -0.4 is 0 Å². The molecule has 0 aliphatic heterocycles. The van der Waals surface area contributed by atoms with Gasteiger partial charge in [0.25, 0.3) is 0 Å². The highest BCUT2D eigenvalue weighted by molar-refractivity contribution is 9.10. The number of nitrogens with zero attached hydrogens (tertiary/aromatic N) is 4. The minimum absolute atomic E-state index is 0.814. The monoisotopic (exact) mass is 238 g/mol. The van der Waals surface area contributed by atoms with Crippen LogP contribution in [0.25, 0.3) is 11.4 Å². The highest BCUT2D eigenvalue weighted by Crippen LogP contribution is 2.18. The van der Waals surface area contributed by atoms with E-state index in [2.05, 4.69) is 31.1 Å². The van der Waals surface area contributed by atoms with Gasteiger partial charge in [0.15, 0.2) is 5.82 Å². The molecule has 0 aromatic carbocycles. The largest absolute Gasteiger partial charge is 0.317 e. The second-order valence-corrected chi connectivity index (χ2v) is 3.57. The fourth-order valence-corrected chi connectivity index (χ4v) is 1.44. The van der Waals surface area contributed by atoms with E-state index in [4.69, 9.17) is 0 Å². The van der Waals surface area contributed by atoms with Crippen LogP contribution >= 0.6 is 15.9 Å². The zero-order valence-electron chi connectivity index (χ0n) is 6.98. The Morgan fingerprint density at radius 3 is 2.85 bits per heavy atom. The fraction of sp³-hybridized carbons (Fsp3) is 0.125. The van der Waals surface area contributed by atoms with E-state index >= 15 is 0 Å². The lowest BCUT2D eigenvalue weighted by atomic mass is 10.3. The molecule has 66 valence electrons. The number of aromatic nitrogens is 4. The molecule has 0 aliphatic carbocycles. The third-order valence-corrected chi connectivity index (χ3v) is 2.11. The van der Waals surface area contributed by atoms with E-state index in [9.17, 15) is 0 Å². The van der Waals surface area contributed by atoms with Crippen molar-refractivity contribution in [2.24, 2.45) is 7.05 Å². The molecule has 0 atom stereocenters. The summed E-state index contributed by atoms with van der Waals surface area (Å²) in [6.45, 7) is 0. The van der Waals surface area contributed by atoms with Gasteiger partial charge in [-0.1, -0.05) is 0 Å². The van der Waals surface area contributed by atoms with Crippen LogP contribution in [0.5, 0.6) is 0 Å². The van der Waals surface area contributed by atoms with Gasteiger partial charge in [0, 0.05) is 29.5 Å². The van der Waals surface area contributed by atoms with Crippen molar-refractivity contribution < 1.29 is 0 Å². The van der Waals surface area contributed by atoms with Crippen molar-refractivity contribution in [2.45, 2.75) is 0 Å². The third-order valence-electron chi connectivity index (χ3n) is 1.67. The lowest BCUT2D eigenvalue weighted by Gasteiger charge is -1.99. The Kier molecular flexibility index (Phi) is 2.10. The summed E-state index contributed by atoms with van der Waals surface area (Å²) >= 11 is 3.35. The predicted octanol–water partition coefficient (Wildman–Crippen LogP) is 1.64. The second-order valence-electron chi connectivity index (χ2n) is 2.66. The molecule has 5 heteroatoms. The summed E-state index contributed by atoms with van der Waals surface area (Å²) in [4.78, 5) is 4.05. The Bertz CT molecular complexity index is 424. The van der Waals surface area contributed by atoms with E-state index in [0.29, 0.717) is 0 Å². The lowest BCUT2D eigenvalue weighted by Crippen LogP contribution is -1.91. The molecule has 0 aliphatic rings. The summed E-state index contributed by atoms with van der Waals surface area (Å²) in [7, 11) is 1.90. The maximum atomic E-state index is 4.05. The molecule has 0 saturated carbocycles. The molecule has 0 bridgehead atoms. The number of halogens is 1. The van der Waals surface area contributed by atoms with Gasteiger partial charge in [-0.15, -0.1) is 10.2 Å². The van der Waals surface area contributed by atoms with E-state index in [1.54, 1.807) is 18.7 Å². The third kappa shape index (κ3) is 1.60. The van der Waals surface area contributed by atoms with E-state index in [0.717, 1.165) is 15.9 Å². The highest BCUT2D eigenvalue weighted by Gasteiger charge is 2.04. The van der Waals surface area contributed by atoms with Gasteiger partial charge in [-0.25, -0.2) is 0 Å². The van der Waals surface area contributed by atoms with Crippen LogP contribution in [0, 0.1) is 0 Å². The average molecular weight is 239 g/mol. The van der Waals surface area contributed by atoms with Gasteiger partial charge in [-0.2, -0.15) is 0 Å². The van der Waals surface area contributed by atoms with Crippen LogP contribution in [0.2, 0.25) is 0 Å². The molecule has 2 heterocycles. The molecule has 2 aromatic rings. The SMILES string of the molecule is Cn1cnnc1-c1cncc(Br)c1. The first-order valence-corrected chi connectivity index (χ1v) is 4.51. The van der Waals surface area contributed by atoms with E-state index in [1.165, 1.54) is 0 Å². The molecule has 2 aromatic heterocycles. The van der Waals surface area contributed by atoms with Gasteiger partial charge >= 0.3 is 0 Å². The molecule has 0 spiro atoms. The van der Waals surface area contributed by atoms with E-state index in [-0.39, 0.29) is 0 Å². The first kappa shape index (κ1) is 8.37. The summed E-state index contributed by atoms with van der Waals surface area (Å²) in [5.74, 6) is 0.814. The Morgan fingerprint density at radius 1 is 1.38 bits per heavy atom. The summed E-state index contributed by atoms with van der Waals surface area (Å²) in [6.07, 6.45) is 5.16. The quantitative estimate of drug-likeness (QED) is 0.759. The van der Waals surface area contributed by atoms with Gasteiger partial charge in [-0.05, 0) is 22.0 Å². The van der Waals surface area contributed by atoms with Crippen LogP contribution in [0.3, 0.4) is 0 Å². The molecule has 0 radical (unpaired) electrons. The van der Waals surface area contributed by atoms with Crippen LogP contribution in [-0.2, 0) is 7.05 Å². The molecule has 2 rings (SSSR count). The van der Waals surface area contributed by atoms with Crippen molar-refractivity contribution >= 4 is 15.9 Å². The first-order valence-electron chi connectivity index (χ1n) is 3.72. The van der Waals surface area contributed by atoms with Gasteiger partial charge in [-0.3, -0.25) is 4.98 Å². The molecule has 4 nitrogen and oxygen atoms in total. The van der Waals surface area contributed by atoms with Crippen LogP contribution in [0.15, 0.2) is 29.3 Å². The summed E-state index contributed by atoms with van der Waals surface area (Å²) in [5.41, 5.74) is 0.953. The molecule has 0 fully saturated rings. The Labute approximate surface area is 83.8 Å². The van der Waals surface area contributed by atoms with Crippen LogP contribution in [-0.4, -0.2) is 19.7 Å². The molecule has 0 unspecified atom stereocenters. The van der Waals surface area contributed by atoms with Crippen molar-refractivity contribution in [3.8, 4) is 11.4 Å². The maximum Gasteiger partial charge on any atom is 0.165 e. The number of rotatable bonds is 1. The molecule has 13 heavy (non-hydrogen) atoms. The predicted molar refractivity (Wildman–Crippen MR) is 51.9 cm³/mol. The van der Waals surface area contributed by atoms with Gasteiger partial charge < -0.3 is 4.57 Å². The number of aryl methyl sites for hydroxylation is 1. The van der Waals surface area contributed by atoms with Crippen molar-refractivity contribution in [1.29, 1.82) is 0 Å². The smallest absolute Gasteiger partial charge is 0.165 e. The Balaban J connectivity index is 2.53. The molecule has 0 saturated heterocycles. The number of hydrogen-bond donors (Lipinski definition) is 0. The van der Waals surface area contributed by atoms with E-state index in [1.807, 2.05) is 17.7 Å². The Morgan fingerprint density at radius 2 is 2.23 bits per heavy atom. The van der Waals surface area contributed by atoms with Crippen molar-refractivity contribution in [3.63, 3.8) is 0 Å². The molecular formula is C8H7BrN4. The normalized spacial score (nSPS) is 10.3. The first-order chi connectivity index (χ1) is 6.27. The summed E-state index contributed by atoms with van der Waals surface area (Å²) in [6, 6.07) is 1.96. The molecule has 0 N–H and O–H groups in total. The lowest BCUT2D eigenvalue weighted by molar-refractivity contribution is 0.918. The zero-order valence-corrected chi connectivity index (χ0v) is 8.56. The van der Waals surface area contributed by atoms with Gasteiger partial charge in [0.1, 0.15) is 6.33 Å². The van der Waals surface area contributed by atoms with Crippen molar-refractivity contribution in [3.05, 3.63) is 29.3 Å². The van der Waals surface area contributed by atoms with Crippen molar-refractivity contribution in [1.82, 2.24) is 19.7 Å². The number of pyridine rings is 1. The summed E-state index contributed by atoms with van der Waals surface area (Å²) < 4.78 is 2.79. The maximum absolute atomic E-state index is 4.05. The highest BCUT2D eigenvalue weighted by atomic mass is 79.9. The Hall–Kier alpha value is -1.23. The minimum Gasteiger partial charge on any atom is -0.317 e. The summed E-state index contributed by atoms with van der Waals surface area (Å²) in [5, 5.41) is 7.78. The standard InChI is InChI=1S/C8H7BrN4/c1-13-5-11-12-8(13)6-2-7(9)4-10-3-6/h2-5H,1H3. The van der Waals surface area contributed by atoms with Crippen LogP contribution in [0.4, 0.5) is 0 Å². The average Bonchev–Trinajstić information content (AvgIpc) is 2.51. The van der Waals surface area contributed by atoms with Gasteiger partial charge in [0.05, 0.1) is 0 Å². The second kappa shape index (κ2) is 3.26. The van der Waals surface area contributed by atoms with Crippen molar-refractivity contribution in [2.75, 3.05) is 0 Å². The van der Waals surface area contributed by atoms with Gasteiger partial charge in [0.2, 0.25) is 0 Å². The van der Waals surface area contributed by atoms with Crippen LogP contribution in [0.1, 0.15) is 0 Å². The zero-order chi connectivity index (χ0) is 9.26. The van der Waals surface area contributed by atoms with E-state index < -0.39 is 0 Å². The topological polar surface area (TPSA) is 43.6 Å². The minimum atomic E-state index is 0.814. The molecular weight excluding hydrogens is 232 g/mol. The fourth-order valence-electron chi connectivity index (χ4n) is 1.08. The molecule has 0 amide bonds. The number of hydrogen-bond acceptors (Lipinski definition) is 3.